The van der Waals surface area contributed by atoms with Gasteiger partial charge in [0.1, 0.15) is 0 Å². The molecule has 1 heterocycles. The van der Waals surface area contributed by atoms with Crippen LogP contribution in [-0.2, 0) is 0 Å². The molecular weight excluding hydrogens is 124 g/mol. The Hall–Kier alpha value is -1.31. The first-order valence-electron chi connectivity index (χ1n) is 3.28. The molecule has 0 atom stereocenters. The minimum absolute atomic E-state index is 0.680. The topological polar surface area (TPSA) is 35.9 Å². The van der Waals surface area contributed by atoms with Crippen molar-refractivity contribution in [2.75, 3.05) is 11.9 Å². The number of hydrogen-bond donors (Lipinski definition) is 2. The lowest BCUT2D eigenvalue weighted by molar-refractivity contribution is 1.40. The summed E-state index contributed by atoms with van der Waals surface area (Å²) in [4.78, 5) is 0. The number of fused-ring (bicyclic) bond motifs is 1. The summed E-state index contributed by atoms with van der Waals surface area (Å²) in [6, 6.07) is 7.90. The molecule has 0 amide bonds. The van der Waals surface area contributed by atoms with Gasteiger partial charge in [-0.1, -0.05) is 18.2 Å². The van der Waals surface area contributed by atoms with E-state index in [1.54, 1.807) is 0 Å². The summed E-state index contributed by atoms with van der Waals surface area (Å²) in [6.07, 6.45) is 0. The summed E-state index contributed by atoms with van der Waals surface area (Å²) in [5.74, 6) is 0. The van der Waals surface area contributed by atoms with E-state index in [-0.39, 0.29) is 0 Å². The van der Waals surface area contributed by atoms with Gasteiger partial charge in [-0.25, -0.2) is 0 Å². The molecule has 0 fully saturated rings. The third-order valence-electron chi connectivity index (χ3n) is 1.71. The zero-order chi connectivity index (χ0) is 6.97. The average molecular weight is 132 g/mol. The Morgan fingerprint density at radius 2 is 2.10 bits per heavy atom. The summed E-state index contributed by atoms with van der Waals surface area (Å²) >= 11 is 0. The van der Waals surface area contributed by atoms with Crippen LogP contribution in [0.3, 0.4) is 0 Å². The Bertz CT molecular complexity index is 278. The number of hydrogen-bond acceptors (Lipinski definition) is 2. The van der Waals surface area contributed by atoms with Gasteiger partial charge in [0.2, 0.25) is 0 Å². The molecule has 50 valence electrons. The standard InChI is InChI=1S/C8H8N2/c9-7-5-10-8-4-2-1-3-6(7)8/h1-4,9-10H,5H2. The van der Waals surface area contributed by atoms with Crippen molar-refractivity contribution >= 4 is 11.4 Å². The van der Waals surface area contributed by atoms with Gasteiger partial charge < -0.3 is 10.7 Å². The Morgan fingerprint density at radius 3 is 2.90 bits per heavy atom. The van der Waals surface area contributed by atoms with Crippen LogP contribution in [0.1, 0.15) is 5.56 Å². The predicted octanol–water partition coefficient (Wildman–Crippen LogP) is 1.48. The summed E-state index contributed by atoms with van der Waals surface area (Å²) in [7, 11) is 0. The van der Waals surface area contributed by atoms with E-state index in [0.29, 0.717) is 12.3 Å². The van der Waals surface area contributed by atoms with Gasteiger partial charge in [0.05, 0.1) is 12.3 Å². The molecule has 0 unspecified atom stereocenters. The second kappa shape index (κ2) is 1.84. The molecule has 2 N–H and O–H groups in total. The van der Waals surface area contributed by atoms with Crippen molar-refractivity contribution in [3.05, 3.63) is 29.8 Å². The van der Waals surface area contributed by atoms with Crippen LogP contribution >= 0.6 is 0 Å². The molecule has 1 aromatic rings. The lowest BCUT2D eigenvalue weighted by Crippen LogP contribution is -2.00. The highest BCUT2D eigenvalue weighted by Crippen LogP contribution is 2.20. The van der Waals surface area contributed by atoms with E-state index < -0.39 is 0 Å². The third-order valence-corrected chi connectivity index (χ3v) is 1.71. The van der Waals surface area contributed by atoms with Gasteiger partial charge in [0.25, 0.3) is 0 Å². The number of para-hydroxylation sites is 1. The van der Waals surface area contributed by atoms with E-state index in [2.05, 4.69) is 5.32 Å². The molecule has 1 aromatic carbocycles. The van der Waals surface area contributed by atoms with E-state index in [1.807, 2.05) is 24.3 Å². The number of anilines is 1. The van der Waals surface area contributed by atoms with Gasteiger partial charge in [0.15, 0.2) is 0 Å². The second-order valence-electron chi connectivity index (χ2n) is 2.38. The lowest BCUT2D eigenvalue weighted by atomic mass is 10.1. The molecule has 0 saturated carbocycles. The molecule has 0 aromatic heterocycles. The molecule has 0 spiro atoms. The Kier molecular flexibility index (Phi) is 1.01. The van der Waals surface area contributed by atoms with Gasteiger partial charge in [-0.15, -0.1) is 0 Å². The summed E-state index contributed by atoms with van der Waals surface area (Å²) in [5.41, 5.74) is 2.82. The normalized spacial score (nSPS) is 14.6. The monoisotopic (exact) mass is 132 g/mol. The van der Waals surface area contributed by atoms with E-state index in [9.17, 15) is 0 Å². The van der Waals surface area contributed by atoms with Gasteiger partial charge >= 0.3 is 0 Å². The van der Waals surface area contributed by atoms with Crippen LogP contribution in [0.25, 0.3) is 0 Å². The van der Waals surface area contributed by atoms with E-state index in [1.165, 1.54) is 0 Å². The SMILES string of the molecule is N=C1CNc2ccccc21. The van der Waals surface area contributed by atoms with Crippen molar-refractivity contribution in [3.8, 4) is 0 Å². The fraction of sp³-hybridized carbons (Fsp3) is 0.125. The molecule has 10 heavy (non-hydrogen) atoms. The van der Waals surface area contributed by atoms with Crippen molar-refractivity contribution in [2.24, 2.45) is 0 Å². The minimum Gasteiger partial charge on any atom is -0.379 e. The first kappa shape index (κ1) is 5.47. The Balaban J connectivity index is 2.61. The fourth-order valence-electron chi connectivity index (χ4n) is 1.18. The molecule has 2 nitrogen and oxygen atoms in total. The highest BCUT2D eigenvalue weighted by Gasteiger charge is 2.12. The maximum atomic E-state index is 7.47. The van der Waals surface area contributed by atoms with Crippen molar-refractivity contribution in [1.29, 1.82) is 5.41 Å². The first-order valence-corrected chi connectivity index (χ1v) is 3.28. The van der Waals surface area contributed by atoms with E-state index in [4.69, 9.17) is 5.41 Å². The van der Waals surface area contributed by atoms with Crippen LogP contribution in [0.5, 0.6) is 0 Å². The smallest absolute Gasteiger partial charge is 0.0598 e. The van der Waals surface area contributed by atoms with Gasteiger partial charge in [-0.3, -0.25) is 0 Å². The number of rotatable bonds is 0. The fourth-order valence-corrected chi connectivity index (χ4v) is 1.18. The molecule has 2 heteroatoms. The Morgan fingerprint density at radius 1 is 1.30 bits per heavy atom. The molecule has 1 aliphatic heterocycles. The molecule has 0 saturated heterocycles. The van der Waals surface area contributed by atoms with Gasteiger partial charge in [0, 0.05) is 11.3 Å². The maximum Gasteiger partial charge on any atom is 0.0598 e. The predicted molar refractivity (Wildman–Crippen MR) is 41.8 cm³/mol. The van der Waals surface area contributed by atoms with Crippen molar-refractivity contribution < 1.29 is 0 Å². The number of nitrogens with one attached hydrogen (secondary N) is 2. The third kappa shape index (κ3) is 0.620. The number of benzene rings is 1. The van der Waals surface area contributed by atoms with Gasteiger partial charge in [-0.05, 0) is 6.07 Å². The maximum absolute atomic E-state index is 7.47. The van der Waals surface area contributed by atoms with Crippen LogP contribution in [0.4, 0.5) is 5.69 Å². The quantitative estimate of drug-likeness (QED) is 0.551. The summed E-state index contributed by atoms with van der Waals surface area (Å²) < 4.78 is 0. The highest BCUT2D eigenvalue weighted by molar-refractivity contribution is 6.09. The largest absolute Gasteiger partial charge is 0.379 e. The first-order chi connectivity index (χ1) is 4.88. The van der Waals surface area contributed by atoms with E-state index in [0.717, 1.165) is 11.3 Å². The average Bonchev–Trinajstić information content (AvgIpc) is 2.34. The molecule has 0 bridgehead atoms. The van der Waals surface area contributed by atoms with Crippen LogP contribution in [-0.4, -0.2) is 12.3 Å². The minimum atomic E-state index is 0.680. The second-order valence-corrected chi connectivity index (χ2v) is 2.38. The van der Waals surface area contributed by atoms with Crippen LogP contribution in [0.15, 0.2) is 24.3 Å². The van der Waals surface area contributed by atoms with Crippen molar-refractivity contribution in [3.63, 3.8) is 0 Å². The molecule has 0 radical (unpaired) electrons. The van der Waals surface area contributed by atoms with Crippen molar-refractivity contribution in [2.45, 2.75) is 0 Å². The Labute approximate surface area is 59.4 Å². The summed E-state index contributed by atoms with van der Waals surface area (Å²) in [5, 5.41) is 10.6. The van der Waals surface area contributed by atoms with E-state index >= 15 is 0 Å². The van der Waals surface area contributed by atoms with Crippen LogP contribution in [0, 0.1) is 5.41 Å². The highest BCUT2D eigenvalue weighted by atomic mass is 14.9. The van der Waals surface area contributed by atoms with Gasteiger partial charge in [-0.2, -0.15) is 0 Å². The molecular formula is C8H8N2. The van der Waals surface area contributed by atoms with Crippen LogP contribution in [0.2, 0.25) is 0 Å². The molecule has 2 rings (SSSR count). The zero-order valence-corrected chi connectivity index (χ0v) is 5.52. The molecule has 0 aliphatic carbocycles. The molecule has 1 aliphatic rings. The lowest BCUT2D eigenvalue weighted by Gasteiger charge is -1.93. The van der Waals surface area contributed by atoms with Crippen molar-refractivity contribution in [1.82, 2.24) is 0 Å². The zero-order valence-electron chi connectivity index (χ0n) is 5.52. The summed E-state index contributed by atoms with van der Waals surface area (Å²) in [6.45, 7) is 0.680. The van der Waals surface area contributed by atoms with Crippen LogP contribution < -0.4 is 5.32 Å².